The van der Waals surface area contributed by atoms with Crippen molar-refractivity contribution in [2.75, 3.05) is 4.90 Å². The Labute approximate surface area is 147 Å². The minimum atomic E-state index is -1.10. The lowest BCUT2D eigenvalue weighted by atomic mass is 10.2. The molecule has 0 saturated carbocycles. The minimum absolute atomic E-state index is 0.0621. The number of hydrogen-bond acceptors (Lipinski definition) is 4. The average Bonchev–Trinajstić information content (AvgIpc) is 2.84. The Balaban J connectivity index is 1.90. The first-order chi connectivity index (χ1) is 11.9. The van der Waals surface area contributed by atoms with Gasteiger partial charge in [0.1, 0.15) is 5.82 Å². The number of thioether (sulfide) groups is 1. The Morgan fingerprint density at radius 1 is 1.24 bits per heavy atom. The van der Waals surface area contributed by atoms with Crippen LogP contribution in [0.15, 0.2) is 47.4 Å². The topological polar surface area (TPSA) is 74.7 Å². The summed E-state index contributed by atoms with van der Waals surface area (Å²) in [7, 11) is 0. The molecule has 0 aliphatic carbocycles. The molecule has 0 spiro atoms. The Morgan fingerprint density at radius 3 is 2.68 bits per heavy atom. The lowest BCUT2D eigenvalue weighted by Gasteiger charge is -2.17. The van der Waals surface area contributed by atoms with Gasteiger partial charge in [-0.05, 0) is 36.8 Å². The number of carboxylic acids is 1. The molecule has 1 N–H and O–H groups in total. The molecule has 1 atom stereocenters. The third kappa shape index (κ3) is 3.28. The summed E-state index contributed by atoms with van der Waals surface area (Å²) >= 11 is 1.04. The van der Waals surface area contributed by atoms with Crippen molar-refractivity contribution in [1.82, 2.24) is 0 Å². The van der Waals surface area contributed by atoms with Crippen molar-refractivity contribution < 1.29 is 23.9 Å². The van der Waals surface area contributed by atoms with Crippen LogP contribution in [0.1, 0.15) is 22.3 Å². The standard InChI is InChI=1S/C18H14FNO4S/c1-10-6-7-11(19)8-13(10)20-16(21)9-15(17(20)22)25-14-5-3-2-4-12(14)18(23)24/h2-8,15H,9H2,1H3,(H,23,24). The molecule has 0 bridgehead atoms. The van der Waals surface area contributed by atoms with Crippen LogP contribution in [0.3, 0.4) is 0 Å². The molecule has 1 heterocycles. The number of nitrogens with zero attached hydrogens (tertiary/aromatic N) is 1. The maximum atomic E-state index is 13.5. The molecule has 2 amide bonds. The Morgan fingerprint density at radius 2 is 1.96 bits per heavy atom. The van der Waals surface area contributed by atoms with E-state index < -0.39 is 28.9 Å². The van der Waals surface area contributed by atoms with Crippen LogP contribution in [0.5, 0.6) is 0 Å². The van der Waals surface area contributed by atoms with Crippen LogP contribution in [-0.4, -0.2) is 28.1 Å². The number of carbonyl (C=O) groups excluding carboxylic acids is 2. The van der Waals surface area contributed by atoms with Crippen LogP contribution in [0.4, 0.5) is 10.1 Å². The van der Waals surface area contributed by atoms with E-state index in [1.165, 1.54) is 18.2 Å². The fourth-order valence-corrected chi connectivity index (χ4v) is 3.85. The number of amides is 2. The maximum Gasteiger partial charge on any atom is 0.336 e. The van der Waals surface area contributed by atoms with Crippen molar-refractivity contribution in [3.63, 3.8) is 0 Å². The zero-order chi connectivity index (χ0) is 18.1. The van der Waals surface area contributed by atoms with Gasteiger partial charge in [0.05, 0.1) is 16.5 Å². The molecular formula is C18H14FNO4S. The lowest BCUT2D eigenvalue weighted by molar-refractivity contribution is -0.121. The first kappa shape index (κ1) is 17.2. The highest BCUT2D eigenvalue weighted by molar-refractivity contribution is 8.00. The molecule has 1 fully saturated rings. The van der Waals surface area contributed by atoms with Gasteiger partial charge in [0.15, 0.2) is 0 Å². The number of rotatable bonds is 4. The molecule has 3 rings (SSSR count). The van der Waals surface area contributed by atoms with Gasteiger partial charge in [-0.3, -0.25) is 9.59 Å². The summed E-state index contributed by atoms with van der Waals surface area (Å²) in [6, 6.07) is 10.2. The number of aromatic carboxylic acids is 1. The molecule has 2 aromatic carbocycles. The summed E-state index contributed by atoms with van der Waals surface area (Å²) in [6.45, 7) is 1.69. The number of carboxylic acid groups (broad SMARTS) is 1. The van der Waals surface area contributed by atoms with Gasteiger partial charge in [0.25, 0.3) is 0 Å². The third-order valence-corrected chi connectivity index (χ3v) is 5.17. The fourth-order valence-electron chi connectivity index (χ4n) is 2.67. The van der Waals surface area contributed by atoms with E-state index in [0.717, 1.165) is 22.7 Å². The number of carbonyl (C=O) groups is 3. The van der Waals surface area contributed by atoms with Crippen LogP contribution in [0.25, 0.3) is 0 Å². The number of benzene rings is 2. The SMILES string of the molecule is Cc1ccc(F)cc1N1C(=O)CC(Sc2ccccc2C(=O)O)C1=O. The Hall–Kier alpha value is -2.67. The molecule has 1 saturated heterocycles. The quantitative estimate of drug-likeness (QED) is 0.848. The predicted octanol–water partition coefficient (Wildman–Crippen LogP) is 3.26. The Bertz CT molecular complexity index is 883. The fraction of sp³-hybridized carbons (Fsp3) is 0.167. The van der Waals surface area contributed by atoms with E-state index in [9.17, 15) is 23.9 Å². The summed E-state index contributed by atoms with van der Waals surface area (Å²) in [5, 5.41) is 8.50. The van der Waals surface area contributed by atoms with Crippen molar-refractivity contribution in [2.45, 2.75) is 23.5 Å². The normalized spacial score (nSPS) is 17.2. The van der Waals surface area contributed by atoms with Gasteiger partial charge in [-0.1, -0.05) is 18.2 Å². The van der Waals surface area contributed by atoms with Crippen molar-refractivity contribution in [3.8, 4) is 0 Å². The minimum Gasteiger partial charge on any atom is -0.478 e. The number of hydrogen-bond donors (Lipinski definition) is 1. The maximum absolute atomic E-state index is 13.5. The van der Waals surface area contributed by atoms with Gasteiger partial charge in [-0.15, -0.1) is 11.8 Å². The average molecular weight is 359 g/mol. The van der Waals surface area contributed by atoms with Crippen molar-refractivity contribution in [2.24, 2.45) is 0 Å². The largest absolute Gasteiger partial charge is 0.478 e. The highest BCUT2D eigenvalue weighted by Gasteiger charge is 2.41. The number of imide groups is 1. The second-order valence-corrected chi connectivity index (χ2v) is 6.85. The van der Waals surface area contributed by atoms with Gasteiger partial charge < -0.3 is 5.11 Å². The first-order valence-corrected chi connectivity index (χ1v) is 8.38. The first-order valence-electron chi connectivity index (χ1n) is 7.50. The van der Waals surface area contributed by atoms with Crippen molar-refractivity contribution in [3.05, 3.63) is 59.4 Å². The van der Waals surface area contributed by atoms with Gasteiger partial charge >= 0.3 is 5.97 Å². The highest BCUT2D eigenvalue weighted by atomic mass is 32.2. The van der Waals surface area contributed by atoms with Crippen LogP contribution >= 0.6 is 11.8 Å². The van der Waals surface area contributed by atoms with Crippen molar-refractivity contribution in [1.29, 1.82) is 0 Å². The van der Waals surface area contributed by atoms with E-state index >= 15 is 0 Å². The second kappa shape index (κ2) is 6.68. The van der Waals surface area contributed by atoms with Crippen molar-refractivity contribution >= 4 is 35.2 Å². The van der Waals surface area contributed by atoms with Gasteiger partial charge in [-0.25, -0.2) is 14.1 Å². The smallest absolute Gasteiger partial charge is 0.336 e. The van der Waals surface area contributed by atoms with E-state index in [1.54, 1.807) is 25.1 Å². The van der Waals surface area contributed by atoms with Crippen LogP contribution in [0, 0.1) is 12.7 Å². The van der Waals surface area contributed by atoms with E-state index in [4.69, 9.17) is 0 Å². The number of aryl methyl sites for hydroxylation is 1. The molecule has 0 aromatic heterocycles. The summed E-state index contributed by atoms with van der Waals surface area (Å²) in [6.07, 6.45) is -0.0621. The van der Waals surface area contributed by atoms with E-state index in [2.05, 4.69) is 0 Å². The molecule has 25 heavy (non-hydrogen) atoms. The zero-order valence-corrected chi connectivity index (χ0v) is 14.0. The van der Waals surface area contributed by atoms with Gasteiger partial charge in [-0.2, -0.15) is 0 Å². The summed E-state index contributed by atoms with van der Waals surface area (Å²) in [5.41, 5.74) is 0.914. The summed E-state index contributed by atoms with van der Waals surface area (Å²) in [5.74, 6) is -2.53. The molecule has 128 valence electrons. The molecule has 0 radical (unpaired) electrons. The third-order valence-electron chi connectivity index (χ3n) is 3.90. The molecular weight excluding hydrogens is 345 g/mol. The zero-order valence-electron chi connectivity index (χ0n) is 13.2. The van der Waals surface area contributed by atoms with E-state index in [-0.39, 0.29) is 17.7 Å². The van der Waals surface area contributed by atoms with Crippen LogP contribution in [-0.2, 0) is 9.59 Å². The Kier molecular flexibility index (Phi) is 4.59. The van der Waals surface area contributed by atoms with Crippen LogP contribution < -0.4 is 4.90 Å². The summed E-state index contributed by atoms with van der Waals surface area (Å²) < 4.78 is 13.5. The molecule has 1 unspecified atom stereocenters. The predicted molar refractivity (Wildman–Crippen MR) is 91.3 cm³/mol. The lowest BCUT2D eigenvalue weighted by Crippen LogP contribution is -2.31. The van der Waals surface area contributed by atoms with Crippen LogP contribution in [0.2, 0.25) is 0 Å². The molecule has 7 heteroatoms. The van der Waals surface area contributed by atoms with Gasteiger partial charge in [0.2, 0.25) is 11.8 Å². The highest BCUT2D eigenvalue weighted by Crippen LogP contribution is 2.36. The number of halogens is 1. The van der Waals surface area contributed by atoms with Gasteiger partial charge in [0, 0.05) is 11.3 Å². The summed E-state index contributed by atoms with van der Waals surface area (Å²) in [4.78, 5) is 37.7. The molecule has 2 aromatic rings. The molecule has 1 aliphatic rings. The number of anilines is 1. The van der Waals surface area contributed by atoms with E-state index in [0.29, 0.717) is 10.5 Å². The molecule has 5 nitrogen and oxygen atoms in total. The monoisotopic (exact) mass is 359 g/mol. The van der Waals surface area contributed by atoms with E-state index in [1.807, 2.05) is 0 Å². The molecule has 1 aliphatic heterocycles. The second-order valence-electron chi connectivity index (χ2n) is 5.61.